The second kappa shape index (κ2) is 10.2. The summed E-state index contributed by atoms with van der Waals surface area (Å²) < 4.78 is 7.49. The molecule has 0 saturated heterocycles. The zero-order valence-corrected chi connectivity index (χ0v) is 21.6. The van der Waals surface area contributed by atoms with Crippen molar-refractivity contribution >= 4 is 29.5 Å². The van der Waals surface area contributed by atoms with Gasteiger partial charge in [0.05, 0.1) is 22.4 Å². The third kappa shape index (κ3) is 4.33. The van der Waals surface area contributed by atoms with Gasteiger partial charge in [0.15, 0.2) is 0 Å². The van der Waals surface area contributed by atoms with Crippen LogP contribution >= 0.6 is 0 Å². The summed E-state index contributed by atoms with van der Waals surface area (Å²) in [6, 6.07) is 47.8. The number of benzene rings is 5. The predicted molar refractivity (Wildman–Crippen MR) is 163 cm³/mol. The van der Waals surface area contributed by atoms with Gasteiger partial charge in [0.25, 0.3) is 0 Å². The highest BCUT2D eigenvalue weighted by Gasteiger charge is 2.14. The van der Waals surface area contributed by atoms with Gasteiger partial charge in [-0.05, 0) is 59.7 Å². The molecule has 0 fully saturated rings. The fraction of sp³-hybridized carbons (Fsp3) is 0. The van der Waals surface area contributed by atoms with E-state index in [1.165, 1.54) is 0 Å². The maximum absolute atomic E-state index is 9.11. The number of rotatable bonds is 6. The highest BCUT2D eigenvalue weighted by molar-refractivity contribution is 6.17. The van der Waals surface area contributed by atoms with Crippen LogP contribution in [0.15, 0.2) is 140 Å². The molecule has 1 radical (unpaired) electrons. The Morgan fingerprint density at radius 3 is 1.82 bits per heavy atom. The third-order valence-corrected chi connectivity index (χ3v) is 7.26. The molecule has 189 valence electrons. The molecule has 0 saturated carbocycles. The van der Waals surface area contributed by atoms with E-state index in [1.807, 2.05) is 48.5 Å². The van der Waals surface area contributed by atoms with E-state index < -0.39 is 0 Å². The second-order valence-corrected chi connectivity index (χ2v) is 9.66. The van der Waals surface area contributed by atoms with Gasteiger partial charge in [0.2, 0.25) is 0 Å². The number of para-hydroxylation sites is 1. The van der Waals surface area contributed by atoms with E-state index in [1.54, 1.807) is 0 Å². The van der Waals surface area contributed by atoms with Crippen molar-refractivity contribution in [3.63, 3.8) is 0 Å². The zero-order chi connectivity index (χ0) is 26.9. The van der Waals surface area contributed by atoms with E-state index in [4.69, 9.17) is 14.7 Å². The molecule has 4 nitrogen and oxygen atoms in total. The summed E-state index contributed by atoms with van der Waals surface area (Å²) in [7, 11) is 0.711. The first-order valence-electron chi connectivity index (χ1n) is 13.2. The van der Waals surface area contributed by atoms with Crippen LogP contribution < -0.4 is 4.65 Å². The Kier molecular flexibility index (Phi) is 6.12. The Hall–Kier alpha value is -5.13. The van der Waals surface area contributed by atoms with Crippen molar-refractivity contribution in [2.75, 3.05) is 0 Å². The molecule has 0 aliphatic rings. The average molecular weight is 515 g/mol. The van der Waals surface area contributed by atoms with E-state index in [2.05, 4.69) is 95.6 Å². The molecule has 1 N–H and O–H groups in total. The first-order valence-corrected chi connectivity index (χ1v) is 13.2. The minimum absolute atomic E-state index is 0.590. The summed E-state index contributed by atoms with van der Waals surface area (Å²) in [4.78, 5) is 5.07. The van der Waals surface area contributed by atoms with Crippen LogP contribution in [-0.2, 0) is 0 Å². The van der Waals surface area contributed by atoms with Crippen LogP contribution in [0.25, 0.3) is 61.1 Å². The third-order valence-electron chi connectivity index (χ3n) is 7.26. The summed E-state index contributed by atoms with van der Waals surface area (Å²) in [5, 5.41) is 11.3. The van der Waals surface area contributed by atoms with Gasteiger partial charge in [-0.25, -0.2) is 4.98 Å². The lowest BCUT2D eigenvalue weighted by Crippen LogP contribution is -1.99. The van der Waals surface area contributed by atoms with Crippen molar-refractivity contribution in [1.29, 1.82) is 0 Å². The minimum Gasteiger partial charge on any atom is -0.537 e. The van der Waals surface area contributed by atoms with E-state index in [0.29, 0.717) is 13.4 Å². The first-order chi connectivity index (χ1) is 19.8. The number of hydrogen-bond donors (Lipinski definition) is 1. The fourth-order valence-corrected chi connectivity index (χ4v) is 5.38. The topological polar surface area (TPSA) is 47.3 Å². The Morgan fingerprint density at radius 1 is 0.525 bits per heavy atom. The van der Waals surface area contributed by atoms with Gasteiger partial charge in [-0.15, -0.1) is 0 Å². The fourth-order valence-electron chi connectivity index (χ4n) is 5.38. The van der Waals surface area contributed by atoms with Crippen LogP contribution in [0.2, 0.25) is 0 Å². The number of hydrogen-bond acceptors (Lipinski definition) is 3. The quantitative estimate of drug-likeness (QED) is 0.228. The van der Waals surface area contributed by atoms with Crippen molar-refractivity contribution in [2.24, 2.45) is 0 Å². The van der Waals surface area contributed by atoms with E-state index >= 15 is 0 Å². The van der Waals surface area contributed by atoms with E-state index in [-0.39, 0.29) is 0 Å². The van der Waals surface area contributed by atoms with Crippen molar-refractivity contribution in [3.8, 4) is 45.1 Å². The van der Waals surface area contributed by atoms with Crippen LogP contribution in [0.3, 0.4) is 0 Å². The molecular weight excluding hydrogens is 491 g/mol. The van der Waals surface area contributed by atoms with Gasteiger partial charge in [-0.3, -0.25) is 0 Å². The van der Waals surface area contributed by atoms with Crippen molar-refractivity contribution < 1.29 is 9.68 Å². The van der Waals surface area contributed by atoms with Crippen LogP contribution in [-0.4, -0.2) is 22.3 Å². The maximum Gasteiger partial charge on any atom is 0.569 e. The monoisotopic (exact) mass is 515 g/mol. The molecule has 0 aliphatic heterocycles. The van der Waals surface area contributed by atoms with Crippen molar-refractivity contribution in [2.45, 2.75) is 0 Å². The number of aromatic nitrogens is 2. The maximum atomic E-state index is 9.11. The molecule has 0 atom stereocenters. The summed E-state index contributed by atoms with van der Waals surface area (Å²) in [6.07, 6.45) is 0. The zero-order valence-electron chi connectivity index (χ0n) is 21.6. The van der Waals surface area contributed by atoms with Gasteiger partial charge in [0, 0.05) is 27.6 Å². The standard InChI is InChI=1S/C35H24BN2O2/c39-36-40-29-19-20-35-31(23-29)30-13-7-8-14-34(30)38(35)28-17-15-26(16-18-28)33-22-27(24-9-3-1-4-10-24)21-32(37-33)25-11-5-2-6-12-25/h1-23,39H. The van der Waals surface area contributed by atoms with Crippen LogP contribution in [0.4, 0.5) is 0 Å². The lowest BCUT2D eigenvalue weighted by atomic mass is 10.00. The first kappa shape index (κ1) is 24.0. The van der Waals surface area contributed by atoms with Gasteiger partial charge < -0.3 is 14.2 Å². The number of pyridine rings is 1. The smallest absolute Gasteiger partial charge is 0.537 e. The Bertz CT molecular complexity index is 1890. The summed E-state index contributed by atoms with van der Waals surface area (Å²) in [5.41, 5.74) is 9.53. The van der Waals surface area contributed by atoms with E-state index in [9.17, 15) is 0 Å². The second-order valence-electron chi connectivity index (χ2n) is 9.66. The van der Waals surface area contributed by atoms with Gasteiger partial charge in [0.1, 0.15) is 5.75 Å². The summed E-state index contributed by atoms with van der Waals surface area (Å²) >= 11 is 0. The molecule has 0 amide bonds. The summed E-state index contributed by atoms with van der Waals surface area (Å²) in [5.74, 6) is 0.590. The minimum atomic E-state index is 0.590. The molecule has 7 aromatic rings. The molecule has 2 aromatic heterocycles. The van der Waals surface area contributed by atoms with Crippen LogP contribution in [0.1, 0.15) is 0 Å². The Labute approximate surface area is 233 Å². The van der Waals surface area contributed by atoms with Crippen molar-refractivity contribution in [1.82, 2.24) is 9.55 Å². The molecule has 2 heterocycles. The van der Waals surface area contributed by atoms with Gasteiger partial charge >= 0.3 is 7.69 Å². The molecule has 40 heavy (non-hydrogen) atoms. The molecule has 5 heteroatoms. The lowest BCUT2D eigenvalue weighted by molar-refractivity contribution is 0.454. The molecule has 0 unspecified atom stereocenters. The van der Waals surface area contributed by atoms with Crippen molar-refractivity contribution in [3.05, 3.63) is 140 Å². The average Bonchev–Trinajstić information content (AvgIpc) is 3.36. The predicted octanol–water partition coefficient (Wildman–Crippen LogP) is 8.09. The highest BCUT2D eigenvalue weighted by atomic mass is 16.5. The Balaban J connectivity index is 1.35. The molecule has 7 rings (SSSR count). The summed E-state index contributed by atoms with van der Waals surface area (Å²) in [6.45, 7) is 0. The highest BCUT2D eigenvalue weighted by Crippen LogP contribution is 2.35. The number of fused-ring (bicyclic) bond motifs is 3. The lowest BCUT2D eigenvalue weighted by Gasteiger charge is -2.12. The molecule has 5 aromatic carbocycles. The molecule has 0 bridgehead atoms. The largest absolute Gasteiger partial charge is 0.569 e. The SMILES string of the molecule is O[B]Oc1ccc2c(c1)c1ccccc1n2-c1ccc(-c2cc(-c3ccccc3)cc(-c3ccccc3)n2)cc1. The van der Waals surface area contributed by atoms with Gasteiger partial charge in [-0.2, -0.15) is 0 Å². The normalized spacial score (nSPS) is 11.1. The molecular formula is C35H24BN2O2. The van der Waals surface area contributed by atoms with E-state index in [0.717, 1.165) is 61.1 Å². The number of nitrogens with zero attached hydrogens (tertiary/aromatic N) is 2. The van der Waals surface area contributed by atoms with Gasteiger partial charge in [-0.1, -0.05) is 91.0 Å². The molecule has 0 aliphatic carbocycles. The van der Waals surface area contributed by atoms with Crippen LogP contribution in [0, 0.1) is 0 Å². The molecule has 0 spiro atoms. The Morgan fingerprint density at radius 2 is 1.12 bits per heavy atom. The van der Waals surface area contributed by atoms with Crippen LogP contribution in [0.5, 0.6) is 5.75 Å².